The van der Waals surface area contributed by atoms with Gasteiger partial charge in [-0.2, -0.15) is 10.5 Å². The molecular formula is C28H34N6O4. The Bertz CT molecular complexity index is 1230. The molecule has 2 bridgehead atoms. The van der Waals surface area contributed by atoms with Crippen LogP contribution in [0.4, 0.5) is 4.79 Å². The number of ether oxygens (including phenoxy) is 1. The molecule has 5 atom stereocenters. The number of carbonyl (C=O) groups is 3. The summed E-state index contributed by atoms with van der Waals surface area (Å²) >= 11 is 0. The fraction of sp³-hybridized carbons (Fsp3) is 0.607. The molecule has 3 amide bonds. The summed E-state index contributed by atoms with van der Waals surface area (Å²) in [4.78, 5) is 45.3. The quantitative estimate of drug-likeness (QED) is 0.633. The maximum atomic E-state index is 13.6. The minimum Gasteiger partial charge on any atom is -0.444 e. The highest BCUT2D eigenvalue weighted by atomic mass is 16.6. The SMILES string of the molecule is CC(C)(C)OC(=O)NC(CN1C[C@@H]2CC1C(=O)N2C1CCc2cc(C#N)ccc21)C(=O)N1CCCC1C#N. The monoisotopic (exact) mass is 518 g/mol. The van der Waals surface area contributed by atoms with E-state index in [9.17, 15) is 24.9 Å². The molecule has 1 aromatic rings. The number of likely N-dealkylation sites (tertiary alicyclic amines) is 3. The molecule has 0 spiro atoms. The zero-order valence-electron chi connectivity index (χ0n) is 22.1. The van der Waals surface area contributed by atoms with Crippen LogP contribution in [0.2, 0.25) is 0 Å². The van der Waals surface area contributed by atoms with Crippen LogP contribution in [-0.2, 0) is 20.7 Å². The number of hydrogen-bond acceptors (Lipinski definition) is 7. The van der Waals surface area contributed by atoms with E-state index in [1.165, 1.54) is 4.90 Å². The van der Waals surface area contributed by atoms with Crippen LogP contribution in [0, 0.1) is 22.7 Å². The lowest BCUT2D eigenvalue weighted by atomic mass is 10.0. The molecule has 38 heavy (non-hydrogen) atoms. The van der Waals surface area contributed by atoms with E-state index in [1.807, 2.05) is 28.0 Å². The number of alkyl carbamates (subject to hydrolysis) is 1. The highest BCUT2D eigenvalue weighted by Crippen LogP contribution is 2.44. The van der Waals surface area contributed by atoms with E-state index < -0.39 is 23.8 Å². The van der Waals surface area contributed by atoms with Crippen LogP contribution in [-0.4, -0.2) is 82.0 Å². The van der Waals surface area contributed by atoms with Gasteiger partial charge in [0, 0.05) is 25.7 Å². The van der Waals surface area contributed by atoms with Crippen molar-refractivity contribution < 1.29 is 19.1 Å². The van der Waals surface area contributed by atoms with Crippen LogP contribution in [0.3, 0.4) is 0 Å². The summed E-state index contributed by atoms with van der Waals surface area (Å²) < 4.78 is 5.42. The van der Waals surface area contributed by atoms with E-state index in [0.717, 1.165) is 30.4 Å². The topological polar surface area (TPSA) is 130 Å². The van der Waals surface area contributed by atoms with E-state index in [4.69, 9.17) is 4.74 Å². The van der Waals surface area contributed by atoms with E-state index in [1.54, 1.807) is 20.8 Å². The zero-order valence-corrected chi connectivity index (χ0v) is 22.1. The van der Waals surface area contributed by atoms with Gasteiger partial charge in [0.05, 0.1) is 29.8 Å². The number of rotatable bonds is 5. The van der Waals surface area contributed by atoms with Gasteiger partial charge in [0.2, 0.25) is 11.8 Å². The molecule has 1 N–H and O–H groups in total. The van der Waals surface area contributed by atoms with Crippen LogP contribution in [0.15, 0.2) is 18.2 Å². The number of benzene rings is 1. The molecule has 0 saturated carbocycles. The average Bonchev–Trinajstić information content (AvgIpc) is 3.64. The Labute approximate surface area is 223 Å². The molecule has 1 aliphatic carbocycles. The van der Waals surface area contributed by atoms with Crippen LogP contribution >= 0.6 is 0 Å². The first-order valence-corrected chi connectivity index (χ1v) is 13.4. The Morgan fingerprint density at radius 3 is 2.68 bits per heavy atom. The number of nitrogens with one attached hydrogen (secondary N) is 1. The van der Waals surface area contributed by atoms with Crippen molar-refractivity contribution in [1.29, 1.82) is 10.5 Å². The first-order valence-electron chi connectivity index (χ1n) is 13.4. The Balaban J connectivity index is 1.31. The fourth-order valence-electron chi connectivity index (χ4n) is 6.49. The summed E-state index contributed by atoms with van der Waals surface area (Å²) in [5.74, 6) is -0.270. The molecule has 4 aliphatic rings. The smallest absolute Gasteiger partial charge is 0.408 e. The van der Waals surface area contributed by atoms with Gasteiger partial charge < -0.3 is 19.9 Å². The van der Waals surface area contributed by atoms with Gasteiger partial charge in [-0.05, 0) is 76.1 Å². The van der Waals surface area contributed by atoms with Crippen molar-refractivity contribution in [2.24, 2.45) is 0 Å². The third-order valence-corrected chi connectivity index (χ3v) is 8.06. The Hall–Kier alpha value is -3.63. The maximum absolute atomic E-state index is 13.6. The van der Waals surface area contributed by atoms with Gasteiger partial charge in [-0.1, -0.05) is 6.07 Å². The van der Waals surface area contributed by atoms with Crippen molar-refractivity contribution in [3.05, 3.63) is 34.9 Å². The van der Waals surface area contributed by atoms with Gasteiger partial charge in [-0.3, -0.25) is 14.5 Å². The van der Waals surface area contributed by atoms with Crippen molar-refractivity contribution >= 4 is 17.9 Å². The lowest BCUT2D eigenvalue weighted by molar-refractivity contribution is -0.141. The molecule has 3 aliphatic heterocycles. The first-order chi connectivity index (χ1) is 18.1. The van der Waals surface area contributed by atoms with Crippen LogP contribution in [0.25, 0.3) is 0 Å². The second kappa shape index (κ2) is 9.92. The Kier molecular flexibility index (Phi) is 6.79. The maximum Gasteiger partial charge on any atom is 0.408 e. The van der Waals surface area contributed by atoms with Gasteiger partial charge in [0.1, 0.15) is 17.7 Å². The highest BCUT2D eigenvalue weighted by Gasteiger charge is 2.53. The predicted molar refractivity (Wildman–Crippen MR) is 136 cm³/mol. The van der Waals surface area contributed by atoms with Crippen molar-refractivity contribution in [2.75, 3.05) is 19.6 Å². The standard InChI is InChI=1S/C28H34N6O4/c1-28(2,3)38-27(37)31-22(25(35)33-10-4-5-19(33)14-30)16-32-15-20-12-24(32)26(36)34(20)23-9-7-18-11-17(13-29)6-8-21(18)23/h6,8,11,19-20,22-24H,4-5,7,9-10,12,15-16H2,1-3H3,(H,31,37)/t19?,20-,22?,23?,24?/m0/s1. The molecule has 10 heteroatoms. The number of piperazine rings is 1. The largest absolute Gasteiger partial charge is 0.444 e. The van der Waals surface area contributed by atoms with Crippen molar-refractivity contribution in [3.8, 4) is 12.1 Å². The molecule has 4 unspecified atom stereocenters. The molecule has 3 heterocycles. The highest BCUT2D eigenvalue weighted by molar-refractivity contribution is 5.88. The van der Waals surface area contributed by atoms with Crippen LogP contribution < -0.4 is 5.32 Å². The predicted octanol–water partition coefficient (Wildman–Crippen LogP) is 2.24. The summed E-state index contributed by atoms with van der Waals surface area (Å²) in [7, 11) is 0. The minimum absolute atomic E-state index is 0.000645. The zero-order chi connectivity index (χ0) is 27.2. The van der Waals surface area contributed by atoms with E-state index in [-0.39, 0.29) is 36.5 Å². The Morgan fingerprint density at radius 2 is 2.00 bits per heavy atom. The number of carbonyl (C=O) groups excluding carboxylic acids is 3. The lowest BCUT2D eigenvalue weighted by Crippen LogP contribution is -2.59. The van der Waals surface area contributed by atoms with E-state index in [0.29, 0.717) is 31.5 Å². The Morgan fingerprint density at radius 1 is 1.21 bits per heavy atom. The van der Waals surface area contributed by atoms with E-state index >= 15 is 0 Å². The first kappa shape index (κ1) is 26.0. The molecule has 10 nitrogen and oxygen atoms in total. The van der Waals surface area contributed by atoms with Crippen LogP contribution in [0.1, 0.15) is 69.2 Å². The van der Waals surface area contributed by atoms with Crippen molar-refractivity contribution in [3.63, 3.8) is 0 Å². The summed E-state index contributed by atoms with van der Waals surface area (Å²) in [5, 5.41) is 21.5. The summed E-state index contributed by atoms with van der Waals surface area (Å²) in [6.07, 6.45) is 3.02. The summed E-state index contributed by atoms with van der Waals surface area (Å²) in [6, 6.07) is 8.32. The molecule has 1 aromatic carbocycles. The second-order valence-electron chi connectivity index (χ2n) is 11.7. The molecule has 0 aromatic heterocycles. The van der Waals surface area contributed by atoms with Gasteiger partial charge in [-0.15, -0.1) is 0 Å². The summed E-state index contributed by atoms with van der Waals surface area (Å²) in [5.41, 5.74) is 2.16. The number of nitrogens with zero attached hydrogens (tertiary/aromatic N) is 5. The van der Waals surface area contributed by atoms with Crippen molar-refractivity contribution in [1.82, 2.24) is 20.0 Å². The lowest BCUT2D eigenvalue weighted by Gasteiger charge is -2.39. The normalized spacial score (nSPS) is 27.1. The third-order valence-electron chi connectivity index (χ3n) is 8.06. The van der Waals surface area contributed by atoms with Gasteiger partial charge >= 0.3 is 6.09 Å². The molecule has 5 rings (SSSR count). The third kappa shape index (κ3) is 4.81. The van der Waals surface area contributed by atoms with E-state index in [2.05, 4.69) is 17.5 Å². The average molecular weight is 519 g/mol. The van der Waals surface area contributed by atoms with Crippen molar-refractivity contribution in [2.45, 2.75) is 88.7 Å². The van der Waals surface area contributed by atoms with Gasteiger partial charge in [0.15, 0.2) is 0 Å². The number of aryl methyl sites for hydroxylation is 1. The summed E-state index contributed by atoms with van der Waals surface area (Å²) in [6.45, 7) is 6.52. The fourth-order valence-corrected chi connectivity index (χ4v) is 6.49. The number of nitriles is 2. The molecule has 0 radical (unpaired) electrons. The molecule has 200 valence electrons. The molecular weight excluding hydrogens is 484 g/mol. The number of fused-ring (bicyclic) bond motifs is 3. The molecule has 3 fully saturated rings. The minimum atomic E-state index is -0.920. The van der Waals surface area contributed by atoms with Gasteiger partial charge in [-0.25, -0.2) is 4.79 Å². The van der Waals surface area contributed by atoms with Gasteiger partial charge in [0.25, 0.3) is 0 Å². The second-order valence-corrected chi connectivity index (χ2v) is 11.7. The number of hydrogen-bond donors (Lipinski definition) is 1. The number of amides is 3. The van der Waals surface area contributed by atoms with Crippen LogP contribution in [0.5, 0.6) is 0 Å². The molecule has 3 saturated heterocycles.